The summed E-state index contributed by atoms with van der Waals surface area (Å²) in [4.78, 5) is 125. The van der Waals surface area contributed by atoms with E-state index in [-0.39, 0.29) is 165 Å². The van der Waals surface area contributed by atoms with Crippen LogP contribution in [0.25, 0.3) is 43.1 Å². The number of para-hydroxylation sites is 2. The minimum Gasteiger partial charge on any atom is -0.457 e. The molecule has 14 heteroatoms. The smallest absolute Gasteiger partial charge is 0.266 e. The molecule has 114 heavy (non-hydrogen) atoms. The Morgan fingerprint density at radius 3 is 0.614 bits per heavy atom. The van der Waals surface area contributed by atoms with Gasteiger partial charge in [-0.15, -0.1) is 0 Å². The number of ether oxygens (including phenoxy) is 4. The summed E-state index contributed by atoms with van der Waals surface area (Å²) >= 11 is 0. The first kappa shape index (κ1) is 80.9. The van der Waals surface area contributed by atoms with Gasteiger partial charge in [-0.1, -0.05) is 199 Å². The molecule has 11 aromatic carbocycles. The van der Waals surface area contributed by atoms with E-state index >= 15 is 19.2 Å². The van der Waals surface area contributed by atoms with E-state index in [0.717, 1.165) is 57.7 Å². The summed E-state index contributed by atoms with van der Waals surface area (Å²) < 4.78 is 29.9. The number of carbonyl (C=O) groups is 8. The van der Waals surface area contributed by atoms with Gasteiger partial charge in [0.1, 0.15) is 46.0 Å². The van der Waals surface area contributed by atoms with Crippen LogP contribution in [0.4, 0.5) is 11.4 Å². The van der Waals surface area contributed by atoms with Crippen LogP contribution in [-0.2, 0) is 21.7 Å². The molecule has 0 aliphatic carbocycles. The summed E-state index contributed by atoms with van der Waals surface area (Å²) in [5.41, 5.74) is 1.96. The monoisotopic (exact) mass is 1530 g/mol. The molecule has 0 aromatic heterocycles. The molecule has 0 bridgehead atoms. The largest absolute Gasteiger partial charge is 0.457 e. The van der Waals surface area contributed by atoms with Crippen LogP contribution < -0.4 is 28.7 Å². The third kappa shape index (κ3) is 15.3. The minimum absolute atomic E-state index is 0.0395. The Hall–Kier alpha value is -11.1. The number of ketones is 4. The van der Waals surface area contributed by atoms with Gasteiger partial charge in [0.2, 0.25) is 0 Å². The molecule has 2 aliphatic rings. The molecular formula is C100H106N2O12. The Bertz CT molecular complexity index is 5140. The van der Waals surface area contributed by atoms with Crippen LogP contribution in [0.15, 0.2) is 158 Å². The number of amides is 4. The van der Waals surface area contributed by atoms with Crippen LogP contribution in [0.3, 0.4) is 0 Å². The maximum absolute atomic E-state index is 16.7. The Balaban J connectivity index is 1.25. The van der Waals surface area contributed by atoms with Crippen molar-refractivity contribution in [2.45, 2.75) is 214 Å². The normalized spacial score (nSPS) is 13.9. The predicted molar refractivity (Wildman–Crippen MR) is 457 cm³/mol. The highest BCUT2D eigenvalue weighted by atomic mass is 16.5. The Morgan fingerprint density at radius 2 is 0.447 bits per heavy atom. The van der Waals surface area contributed by atoms with Crippen molar-refractivity contribution in [1.29, 1.82) is 0 Å². The molecule has 0 N–H and O–H groups in total. The maximum Gasteiger partial charge on any atom is 0.266 e. The second kappa shape index (κ2) is 28.5. The number of nitrogens with zero attached hydrogens (tertiary/aromatic N) is 2. The highest BCUT2D eigenvalue weighted by Gasteiger charge is 2.46. The van der Waals surface area contributed by atoms with Gasteiger partial charge in [-0.3, -0.25) is 38.4 Å². The van der Waals surface area contributed by atoms with E-state index in [9.17, 15) is 19.2 Å². The molecule has 13 rings (SSSR count). The number of rotatable bonds is 22. The van der Waals surface area contributed by atoms with E-state index < -0.39 is 46.8 Å². The van der Waals surface area contributed by atoms with Crippen molar-refractivity contribution in [3.8, 4) is 46.0 Å². The number of hydrogen-bond donors (Lipinski definition) is 0. The van der Waals surface area contributed by atoms with E-state index in [0.29, 0.717) is 23.0 Å². The van der Waals surface area contributed by atoms with Crippen molar-refractivity contribution in [1.82, 2.24) is 0 Å². The van der Waals surface area contributed by atoms with E-state index in [4.69, 9.17) is 18.9 Å². The number of carbonyl (C=O) groups excluding carboxylic acids is 8. The molecule has 0 fully saturated rings. The van der Waals surface area contributed by atoms with Gasteiger partial charge in [-0.2, -0.15) is 0 Å². The van der Waals surface area contributed by atoms with Gasteiger partial charge in [-0.05, 0) is 216 Å². The Morgan fingerprint density at radius 1 is 0.263 bits per heavy atom. The molecule has 0 unspecified atom stereocenters. The lowest BCUT2D eigenvalue weighted by Crippen LogP contribution is -2.42. The highest BCUT2D eigenvalue weighted by Crippen LogP contribution is 2.59. The van der Waals surface area contributed by atoms with Crippen molar-refractivity contribution < 1.29 is 57.3 Å². The Labute approximate surface area is 670 Å². The maximum atomic E-state index is 16.7. The zero-order chi connectivity index (χ0) is 83.1. The number of hydrogen-bond acceptors (Lipinski definition) is 12. The quantitative estimate of drug-likeness (QED) is 0.0272. The van der Waals surface area contributed by atoms with Gasteiger partial charge in [0.25, 0.3) is 23.6 Å². The van der Waals surface area contributed by atoms with Crippen molar-refractivity contribution >= 4 is 101 Å². The number of Topliss-reactive ketones (excluding diaryl/α,β-unsaturated/α-hetero) is 4. The summed E-state index contributed by atoms with van der Waals surface area (Å²) in [5, 5.41) is 1.77. The molecule has 2 aliphatic heterocycles. The zero-order valence-electron chi connectivity index (χ0n) is 70.6. The lowest BCUT2D eigenvalue weighted by molar-refractivity contribution is 0.0875. The average molecular weight is 1530 g/mol. The number of imide groups is 2. The summed E-state index contributed by atoms with van der Waals surface area (Å²) in [7, 11) is 0. The SMILES string of the molecule is CC(=O)c1cccc(C(C)=O)c1N1C(=O)c2cc(Oc3ccc(C(C)(C)CC(C)(C)C)cc3)c3c4c(Oc5ccc(C(C)(C)CC(C)(C)C)cc5)cc5c6c(cc(Oc7ccc(C(C)(C)CC(C)(C)C)cc7)c(c7c(Oc8ccc(C(C)(C)CC(C)(C)C)cc8)cc(c2c37)C1=O)c64)C(=O)N(c1c(C(C)=O)cccc1C(C)=O)C5=O. The van der Waals surface area contributed by atoms with Gasteiger partial charge in [0.15, 0.2) is 23.1 Å². The molecule has 11 aromatic rings. The summed E-state index contributed by atoms with van der Waals surface area (Å²) in [6.07, 6.45) is 3.36. The Kier molecular flexibility index (Phi) is 20.2. The molecule has 4 amide bonds. The molecule has 0 saturated carbocycles. The fourth-order valence-electron chi connectivity index (χ4n) is 19.1. The highest BCUT2D eigenvalue weighted by molar-refractivity contribution is 6.49. The van der Waals surface area contributed by atoms with E-state index in [1.54, 1.807) is 36.4 Å². The van der Waals surface area contributed by atoms with E-state index in [2.05, 4.69) is 138 Å². The van der Waals surface area contributed by atoms with Crippen LogP contribution in [0.5, 0.6) is 46.0 Å². The second-order valence-corrected chi connectivity index (χ2v) is 39.2. The average Bonchev–Trinajstić information content (AvgIpc) is 0.669. The van der Waals surface area contributed by atoms with E-state index in [1.165, 1.54) is 52.0 Å². The van der Waals surface area contributed by atoms with Gasteiger partial charge in [0.05, 0.1) is 33.6 Å². The van der Waals surface area contributed by atoms with Crippen molar-refractivity contribution in [3.05, 3.63) is 224 Å². The lowest BCUT2D eigenvalue weighted by atomic mass is 9.72. The van der Waals surface area contributed by atoms with Crippen LogP contribution in [0.1, 0.15) is 297 Å². The van der Waals surface area contributed by atoms with Crippen molar-refractivity contribution in [3.63, 3.8) is 0 Å². The third-order valence-electron chi connectivity index (χ3n) is 22.3. The fraction of sp³-hybridized carbons (Fsp3) is 0.360. The third-order valence-corrected chi connectivity index (χ3v) is 22.3. The number of benzene rings is 11. The van der Waals surface area contributed by atoms with Crippen molar-refractivity contribution in [2.75, 3.05) is 9.80 Å². The van der Waals surface area contributed by atoms with Crippen LogP contribution in [-0.4, -0.2) is 46.8 Å². The van der Waals surface area contributed by atoms with Gasteiger partial charge < -0.3 is 18.9 Å². The molecule has 588 valence electrons. The molecule has 0 atom stereocenters. The van der Waals surface area contributed by atoms with E-state index in [1.807, 2.05) is 97.1 Å². The summed E-state index contributed by atoms with van der Waals surface area (Å²) in [6.45, 7) is 49.3. The fourth-order valence-corrected chi connectivity index (χ4v) is 19.1. The van der Waals surface area contributed by atoms with Gasteiger partial charge in [0, 0.05) is 65.3 Å². The molecule has 0 saturated heterocycles. The molecule has 14 nitrogen and oxygen atoms in total. The first-order chi connectivity index (χ1) is 52.9. The summed E-state index contributed by atoms with van der Waals surface area (Å²) in [5.74, 6) is -4.03. The first-order valence-electron chi connectivity index (χ1n) is 39.5. The number of anilines is 2. The molecule has 0 spiro atoms. The zero-order valence-corrected chi connectivity index (χ0v) is 70.6. The minimum atomic E-state index is -0.882. The van der Waals surface area contributed by atoms with Crippen LogP contribution >= 0.6 is 0 Å². The van der Waals surface area contributed by atoms with Crippen LogP contribution in [0, 0.1) is 21.7 Å². The molecule has 0 radical (unpaired) electrons. The van der Waals surface area contributed by atoms with Crippen LogP contribution in [0.2, 0.25) is 0 Å². The first-order valence-corrected chi connectivity index (χ1v) is 39.5. The lowest BCUT2D eigenvalue weighted by Gasteiger charge is -2.34. The molecular weight excluding hydrogens is 1420 g/mol. The second-order valence-electron chi connectivity index (χ2n) is 39.2. The van der Waals surface area contributed by atoms with Gasteiger partial charge >= 0.3 is 0 Å². The predicted octanol–water partition coefficient (Wildman–Crippen LogP) is 26.2. The molecule has 2 heterocycles. The topological polar surface area (TPSA) is 180 Å². The van der Waals surface area contributed by atoms with Gasteiger partial charge in [-0.25, -0.2) is 9.80 Å². The number of fused-ring (bicyclic) bond motifs is 2. The summed E-state index contributed by atoms with van der Waals surface area (Å²) in [6, 6.07) is 46.4. The van der Waals surface area contributed by atoms with Crippen molar-refractivity contribution in [2.24, 2.45) is 21.7 Å². The standard InChI is InChI=1S/C100H106N2O12/c1-55(103)67-27-25-28-68(56(2)104)87(67)101-89(107)71-47-75(111-63-39-31-59(32-40-63)97(17,18)51-93(5,6)7)81-83-77(113-65-43-35-61(36-44-65)99(21,22)53-95(11,12)13)49-73-80-74(92(110)102(91(73)109)88-69(57(3)105)29-26-30-70(88)58(4)106)50-78(114-66-45-37-62(38-46-66)100(23,24)54-96(14,15)16)84(86(80)83)82-76(48-72(90(101)108)79(71)85(81)82)112-64-41-33-60(34-42-64)98(19,20)52-94(8,9)10/h25-50H,51-54H2,1-24H3.